The number of primary amides is 1. The van der Waals surface area contributed by atoms with Crippen LogP contribution in [0.5, 0.6) is 0 Å². The average molecular weight is 200 g/mol. The molecular weight excluding hydrogens is 184 g/mol. The van der Waals surface area contributed by atoms with Gasteiger partial charge in [0.1, 0.15) is 0 Å². The molecule has 0 spiro atoms. The molecule has 0 aliphatic rings. The van der Waals surface area contributed by atoms with Gasteiger partial charge in [-0.3, -0.25) is 0 Å². The molecule has 0 atom stereocenters. The molecular formula is C9H16N2O3. The summed E-state index contributed by atoms with van der Waals surface area (Å²) in [6.45, 7) is 5.43. The van der Waals surface area contributed by atoms with E-state index in [1.165, 1.54) is 0 Å². The molecule has 0 radical (unpaired) electrons. The number of nitrogens with one attached hydrogen (secondary N) is 1. The van der Waals surface area contributed by atoms with Gasteiger partial charge in [0.25, 0.3) is 0 Å². The number of esters is 1. The zero-order valence-corrected chi connectivity index (χ0v) is 8.72. The van der Waals surface area contributed by atoms with Gasteiger partial charge in [-0.1, -0.05) is 6.92 Å². The van der Waals surface area contributed by atoms with Crippen LogP contribution >= 0.6 is 0 Å². The number of ether oxygens (including phenoxy) is 1. The summed E-state index contributed by atoms with van der Waals surface area (Å²) in [7, 11) is 0. The average Bonchev–Trinajstić information content (AvgIpc) is 2.13. The highest BCUT2D eigenvalue weighted by Crippen LogP contribution is 2.06. The van der Waals surface area contributed by atoms with Gasteiger partial charge in [0.2, 0.25) is 0 Å². The van der Waals surface area contributed by atoms with Crippen molar-refractivity contribution in [3.8, 4) is 0 Å². The molecule has 5 nitrogen and oxygen atoms in total. The van der Waals surface area contributed by atoms with Crippen LogP contribution in [0.25, 0.3) is 0 Å². The monoisotopic (exact) mass is 200 g/mol. The molecule has 14 heavy (non-hydrogen) atoms. The molecule has 0 aromatic carbocycles. The van der Waals surface area contributed by atoms with Crippen LogP contribution in [0.2, 0.25) is 0 Å². The number of allylic oxidation sites excluding steroid dienone is 1. The van der Waals surface area contributed by atoms with Gasteiger partial charge in [0.05, 0.1) is 12.2 Å². The minimum absolute atomic E-state index is 0.309. The fourth-order valence-corrected chi connectivity index (χ4v) is 0.959. The van der Waals surface area contributed by atoms with Gasteiger partial charge in [0.15, 0.2) is 0 Å². The van der Waals surface area contributed by atoms with Gasteiger partial charge in [0, 0.05) is 5.70 Å². The summed E-state index contributed by atoms with van der Waals surface area (Å²) in [6.07, 6.45) is 0.521. The number of carbonyl (C=O) groups excluding carboxylic acids is 2. The van der Waals surface area contributed by atoms with Gasteiger partial charge < -0.3 is 15.8 Å². The molecule has 0 unspecified atom stereocenters. The second-order valence-corrected chi connectivity index (χ2v) is 2.67. The first kappa shape index (κ1) is 12.5. The molecule has 80 valence electrons. The molecule has 0 bridgehead atoms. The van der Waals surface area contributed by atoms with Crippen LogP contribution in [-0.2, 0) is 9.53 Å². The van der Waals surface area contributed by atoms with Crippen molar-refractivity contribution in [2.75, 3.05) is 6.61 Å². The quantitative estimate of drug-likeness (QED) is 0.522. The molecule has 0 aromatic rings. The molecule has 0 heterocycles. The number of hydrogen-bond donors (Lipinski definition) is 2. The van der Waals surface area contributed by atoms with Crippen molar-refractivity contribution in [1.82, 2.24) is 5.32 Å². The van der Waals surface area contributed by atoms with Crippen LogP contribution in [-0.4, -0.2) is 18.6 Å². The van der Waals surface area contributed by atoms with E-state index in [2.05, 4.69) is 5.32 Å². The first-order chi connectivity index (χ1) is 6.52. The Bertz CT molecular complexity index is 259. The lowest BCUT2D eigenvalue weighted by Crippen LogP contribution is -2.30. The second-order valence-electron chi connectivity index (χ2n) is 2.67. The Hall–Kier alpha value is -1.52. The molecule has 5 heteroatoms. The van der Waals surface area contributed by atoms with Crippen LogP contribution in [0.4, 0.5) is 4.79 Å². The number of carbonyl (C=O) groups is 2. The number of nitrogens with two attached hydrogens (primary N) is 1. The van der Waals surface area contributed by atoms with Gasteiger partial charge >= 0.3 is 12.0 Å². The van der Waals surface area contributed by atoms with Crippen LogP contribution in [0.1, 0.15) is 27.2 Å². The minimum atomic E-state index is -0.675. The molecule has 0 saturated carbocycles. The summed E-state index contributed by atoms with van der Waals surface area (Å²) in [6, 6.07) is -0.675. The van der Waals surface area contributed by atoms with Crippen molar-refractivity contribution in [3.63, 3.8) is 0 Å². The van der Waals surface area contributed by atoms with Crippen molar-refractivity contribution in [1.29, 1.82) is 0 Å². The van der Waals surface area contributed by atoms with Gasteiger partial charge in [-0.05, 0) is 20.3 Å². The predicted molar refractivity (Wildman–Crippen MR) is 52.3 cm³/mol. The molecule has 3 N–H and O–H groups in total. The van der Waals surface area contributed by atoms with Crippen molar-refractivity contribution < 1.29 is 14.3 Å². The second kappa shape index (κ2) is 6.01. The smallest absolute Gasteiger partial charge is 0.335 e. The van der Waals surface area contributed by atoms with Gasteiger partial charge in [-0.25, -0.2) is 9.59 Å². The lowest BCUT2D eigenvalue weighted by atomic mass is 10.2. The van der Waals surface area contributed by atoms with Crippen LogP contribution in [0.3, 0.4) is 0 Å². The summed E-state index contributed by atoms with van der Waals surface area (Å²) in [5, 5.41) is 2.39. The Morgan fingerprint density at radius 3 is 2.29 bits per heavy atom. The zero-order chi connectivity index (χ0) is 11.1. The molecule has 0 aliphatic heterocycles. The number of rotatable bonds is 4. The lowest BCUT2D eigenvalue weighted by Gasteiger charge is -2.09. The van der Waals surface area contributed by atoms with Gasteiger partial charge in [-0.15, -0.1) is 0 Å². The fourth-order valence-electron chi connectivity index (χ4n) is 0.959. The highest BCUT2D eigenvalue weighted by Gasteiger charge is 2.11. The normalized spacial score (nSPS) is 11.6. The first-order valence-corrected chi connectivity index (χ1v) is 4.46. The molecule has 0 rings (SSSR count). The third kappa shape index (κ3) is 3.93. The predicted octanol–water partition coefficient (Wildman–Crippen LogP) is 0.902. The molecule has 0 saturated heterocycles. The minimum Gasteiger partial charge on any atom is -0.463 e. The lowest BCUT2D eigenvalue weighted by molar-refractivity contribution is -0.138. The Kier molecular flexibility index (Phi) is 5.36. The van der Waals surface area contributed by atoms with E-state index in [1.54, 1.807) is 13.8 Å². The molecule has 2 amide bonds. The van der Waals surface area contributed by atoms with Crippen molar-refractivity contribution in [2.45, 2.75) is 27.2 Å². The molecule has 0 aliphatic carbocycles. The van der Waals surface area contributed by atoms with E-state index < -0.39 is 12.0 Å². The van der Waals surface area contributed by atoms with Gasteiger partial charge in [-0.2, -0.15) is 0 Å². The maximum Gasteiger partial charge on any atom is 0.335 e. The Balaban J connectivity index is 4.64. The van der Waals surface area contributed by atoms with E-state index in [4.69, 9.17) is 10.5 Å². The summed E-state index contributed by atoms with van der Waals surface area (Å²) in [5.41, 5.74) is 5.82. The summed E-state index contributed by atoms with van der Waals surface area (Å²) < 4.78 is 4.78. The Morgan fingerprint density at radius 2 is 1.93 bits per heavy atom. The third-order valence-electron chi connectivity index (χ3n) is 1.66. The SMILES string of the molecule is CCOC(=O)C(C)=C(CC)NC(N)=O. The zero-order valence-electron chi connectivity index (χ0n) is 8.72. The Morgan fingerprint density at radius 1 is 1.36 bits per heavy atom. The third-order valence-corrected chi connectivity index (χ3v) is 1.66. The summed E-state index contributed by atoms with van der Waals surface area (Å²) >= 11 is 0. The van der Waals surface area contributed by atoms with Crippen LogP contribution in [0, 0.1) is 0 Å². The topological polar surface area (TPSA) is 81.4 Å². The van der Waals surface area contributed by atoms with Crippen molar-refractivity contribution >= 4 is 12.0 Å². The van der Waals surface area contributed by atoms with Crippen LogP contribution in [0.15, 0.2) is 11.3 Å². The maximum atomic E-state index is 11.3. The maximum absolute atomic E-state index is 11.3. The summed E-state index contributed by atoms with van der Waals surface area (Å²) in [4.78, 5) is 21.8. The fraction of sp³-hybridized carbons (Fsp3) is 0.556. The van der Waals surface area contributed by atoms with Crippen molar-refractivity contribution in [3.05, 3.63) is 11.3 Å². The van der Waals surface area contributed by atoms with E-state index in [0.717, 1.165) is 0 Å². The standard InChI is InChI=1S/C9H16N2O3/c1-4-7(11-9(10)13)6(3)8(12)14-5-2/h4-5H2,1-3H3,(H3,10,11,13). The first-order valence-electron chi connectivity index (χ1n) is 4.46. The van der Waals surface area contributed by atoms with E-state index in [1.807, 2.05) is 6.92 Å². The largest absolute Gasteiger partial charge is 0.463 e. The molecule has 0 aromatic heterocycles. The van der Waals surface area contributed by atoms with E-state index in [9.17, 15) is 9.59 Å². The highest BCUT2D eigenvalue weighted by molar-refractivity contribution is 5.89. The number of urea groups is 1. The van der Waals surface area contributed by atoms with E-state index in [-0.39, 0.29) is 0 Å². The summed E-state index contributed by atoms with van der Waals surface area (Å²) in [5.74, 6) is -0.432. The number of hydrogen-bond acceptors (Lipinski definition) is 3. The highest BCUT2D eigenvalue weighted by atomic mass is 16.5. The number of amides is 2. The van der Waals surface area contributed by atoms with Crippen LogP contribution < -0.4 is 11.1 Å². The Labute approximate surface area is 83.3 Å². The molecule has 0 fully saturated rings. The van der Waals surface area contributed by atoms with E-state index >= 15 is 0 Å². The van der Waals surface area contributed by atoms with Crippen molar-refractivity contribution in [2.24, 2.45) is 5.73 Å². The van der Waals surface area contributed by atoms with E-state index in [0.29, 0.717) is 24.3 Å².